The Kier molecular flexibility index (Phi) is 19.0. The van der Waals surface area contributed by atoms with Crippen LogP contribution in [-0.4, -0.2) is 93.8 Å². The van der Waals surface area contributed by atoms with Gasteiger partial charge < -0.3 is 30.1 Å². The molecule has 0 aliphatic carbocycles. The van der Waals surface area contributed by atoms with Gasteiger partial charge in [0.15, 0.2) is 5.75 Å². The van der Waals surface area contributed by atoms with Gasteiger partial charge in [0.1, 0.15) is 27.0 Å². The molecule has 8 rings (SSSR count). The summed E-state index contributed by atoms with van der Waals surface area (Å²) in [5.41, 5.74) is 1.21. The van der Waals surface area contributed by atoms with E-state index in [1.807, 2.05) is 13.8 Å². The van der Waals surface area contributed by atoms with Crippen molar-refractivity contribution in [3.63, 3.8) is 0 Å². The molecule has 18 nitrogen and oxygen atoms in total. The summed E-state index contributed by atoms with van der Waals surface area (Å²) in [6.07, 6.45) is 0. The van der Waals surface area contributed by atoms with Gasteiger partial charge in [-0.2, -0.15) is 32.2 Å². The average molecular weight is 1120 g/mol. The number of hydrogen-bond donors (Lipinski definition) is 4. The van der Waals surface area contributed by atoms with Gasteiger partial charge in [-0.05, 0) is 122 Å². The van der Waals surface area contributed by atoms with Gasteiger partial charge in [0.2, 0.25) is 0 Å². The summed E-state index contributed by atoms with van der Waals surface area (Å²) >= 11 is 12.0. The number of phenolic OH excluding ortho intramolecular Hbond substituents is 1. The molecular formula is C52H42CaCl2N6O12S2. The molecule has 1 amide bonds. The summed E-state index contributed by atoms with van der Waals surface area (Å²) in [6.45, 7) is 7.68. The molecule has 0 heterocycles. The molecular weight excluding hydrogens is 1080 g/mol. The number of ether oxygens (including phenoxy) is 2. The van der Waals surface area contributed by atoms with Crippen molar-refractivity contribution in [1.82, 2.24) is 0 Å². The van der Waals surface area contributed by atoms with E-state index < -0.39 is 53.3 Å². The molecule has 0 aliphatic heterocycles. The van der Waals surface area contributed by atoms with Gasteiger partial charge in [0.05, 0.1) is 51.6 Å². The molecule has 0 radical (unpaired) electrons. The summed E-state index contributed by atoms with van der Waals surface area (Å²) in [5.74, 6) is -1.34. The molecule has 0 aromatic heterocycles. The fraction of sp³-hybridized carbons (Fsp3) is 0.115. The molecule has 4 N–H and O–H groups in total. The minimum absolute atomic E-state index is 0. The number of hydrogen-bond acceptors (Lipinski definition) is 15. The maximum absolute atomic E-state index is 13.3. The second-order valence-electron chi connectivity index (χ2n) is 15.9. The zero-order valence-electron chi connectivity index (χ0n) is 40.1. The van der Waals surface area contributed by atoms with Gasteiger partial charge >= 0.3 is 37.7 Å². The van der Waals surface area contributed by atoms with Crippen molar-refractivity contribution in [3.05, 3.63) is 166 Å². The first kappa shape index (κ1) is 57.6. The van der Waals surface area contributed by atoms with Gasteiger partial charge in [-0.1, -0.05) is 89.6 Å². The van der Waals surface area contributed by atoms with Crippen molar-refractivity contribution in [1.29, 1.82) is 0 Å². The van der Waals surface area contributed by atoms with E-state index in [9.17, 15) is 46.1 Å². The Morgan fingerprint density at radius 3 is 1.63 bits per heavy atom. The number of anilines is 1. The monoisotopic (exact) mass is 1120 g/mol. The quantitative estimate of drug-likeness (QED) is 0.0260. The Morgan fingerprint density at radius 1 is 0.613 bits per heavy atom. The largest absolute Gasteiger partial charge is 2.00 e. The maximum atomic E-state index is 13.3. The van der Waals surface area contributed by atoms with Crippen LogP contribution in [0.2, 0.25) is 10.0 Å². The first-order chi connectivity index (χ1) is 35.2. The SMILES string of the molecule is CCOc1cccc(N=C([O-])c2cc3ccccc3c(N=Nc3cc(C)c(Cl)c(S(=O)(=O)O)c3)c2[O-])c1.CCOc1cccc(NC(=O)c2cc3ccccc3c(N=Nc3cc(C)c(Cl)c(S(=O)(=O)O)c3)c2O)c1.[Ca+2]. The maximum Gasteiger partial charge on any atom is 2.00 e. The van der Waals surface area contributed by atoms with Crippen LogP contribution in [0.15, 0.2) is 169 Å². The first-order valence-corrected chi connectivity index (χ1v) is 25.7. The summed E-state index contributed by atoms with van der Waals surface area (Å²) in [4.78, 5) is 16.1. The van der Waals surface area contributed by atoms with Crippen LogP contribution in [0, 0.1) is 13.8 Å². The second kappa shape index (κ2) is 24.7. The smallest absolute Gasteiger partial charge is 0.871 e. The number of aliphatic imine (C=N–C) groups is 1. The van der Waals surface area contributed by atoms with Crippen LogP contribution >= 0.6 is 23.2 Å². The zero-order valence-corrected chi connectivity index (χ0v) is 45.5. The normalized spacial score (nSPS) is 11.9. The third kappa shape index (κ3) is 14.0. The Morgan fingerprint density at radius 2 is 1.09 bits per heavy atom. The molecule has 8 aromatic carbocycles. The van der Waals surface area contributed by atoms with Crippen LogP contribution < -0.4 is 25.0 Å². The van der Waals surface area contributed by atoms with E-state index in [1.54, 1.807) is 104 Å². The third-order valence-electron chi connectivity index (χ3n) is 10.7. The van der Waals surface area contributed by atoms with E-state index in [0.717, 1.165) is 12.1 Å². The number of benzene rings is 8. The van der Waals surface area contributed by atoms with Crippen molar-refractivity contribution < 1.29 is 55.5 Å². The van der Waals surface area contributed by atoms with Crippen LogP contribution in [0.1, 0.15) is 40.9 Å². The molecule has 0 atom stereocenters. The first-order valence-electron chi connectivity index (χ1n) is 22.1. The van der Waals surface area contributed by atoms with E-state index in [1.165, 1.54) is 31.2 Å². The minimum Gasteiger partial charge on any atom is -0.871 e. The van der Waals surface area contributed by atoms with Gasteiger partial charge in [0.25, 0.3) is 26.1 Å². The van der Waals surface area contributed by atoms with E-state index >= 15 is 0 Å². The molecule has 0 saturated heterocycles. The number of carbonyl (C=O) groups excluding carboxylic acids is 1. The molecule has 0 spiro atoms. The molecule has 0 fully saturated rings. The number of halogens is 2. The van der Waals surface area contributed by atoms with Gasteiger partial charge in [-0.15, -0.1) is 5.11 Å². The molecule has 380 valence electrons. The van der Waals surface area contributed by atoms with E-state index in [0.29, 0.717) is 68.8 Å². The zero-order chi connectivity index (χ0) is 53.5. The third-order valence-corrected chi connectivity index (χ3v) is 13.7. The number of nitrogens with one attached hydrogen (secondary N) is 1. The molecule has 0 unspecified atom stereocenters. The van der Waals surface area contributed by atoms with Crippen LogP contribution in [-0.2, 0) is 20.2 Å². The predicted octanol–water partition coefficient (Wildman–Crippen LogP) is 11.8. The van der Waals surface area contributed by atoms with Gasteiger partial charge in [-0.3, -0.25) is 18.9 Å². The summed E-state index contributed by atoms with van der Waals surface area (Å²) in [6, 6.07) is 35.2. The summed E-state index contributed by atoms with van der Waals surface area (Å²) in [5, 5.41) is 58.3. The van der Waals surface area contributed by atoms with Crippen LogP contribution in [0.3, 0.4) is 0 Å². The fourth-order valence-electron chi connectivity index (χ4n) is 7.32. The number of fused-ring (bicyclic) bond motifs is 2. The number of amides is 1. The molecule has 23 heteroatoms. The number of phenols is 1. The van der Waals surface area contributed by atoms with Gasteiger partial charge in [-0.25, -0.2) is 0 Å². The Balaban J connectivity index is 0.000000241. The number of rotatable bonds is 14. The predicted molar refractivity (Wildman–Crippen MR) is 284 cm³/mol. The molecule has 0 aliphatic rings. The molecule has 0 bridgehead atoms. The van der Waals surface area contributed by atoms with E-state index in [4.69, 9.17) is 32.7 Å². The van der Waals surface area contributed by atoms with Crippen molar-refractivity contribution in [2.24, 2.45) is 25.4 Å². The van der Waals surface area contributed by atoms with Crippen LogP contribution in [0.25, 0.3) is 21.5 Å². The number of carbonyl (C=O) groups is 1. The minimum atomic E-state index is -4.62. The second-order valence-corrected chi connectivity index (χ2v) is 19.5. The number of azo groups is 2. The number of nitrogens with zero attached hydrogens (tertiary/aromatic N) is 5. The molecule has 8 aromatic rings. The van der Waals surface area contributed by atoms with E-state index in [-0.39, 0.29) is 81.7 Å². The number of aromatic hydroxyl groups is 1. The Labute approximate surface area is 470 Å². The van der Waals surface area contributed by atoms with Crippen molar-refractivity contribution in [2.45, 2.75) is 37.5 Å². The van der Waals surface area contributed by atoms with Gasteiger partial charge in [0, 0.05) is 28.6 Å². The summed E-state index contributed by atoms with van der Waals surface area (Å²) < 4.78 is 76.6. The van der Waals surface area contributed by atoms with Crippen molar-refractivity contribution >= 4 is 149 Å². The average Bonchev–Trinajstić information content (AvgIpc) is 3.35. The van der Waals surface area contributed by atoms with Crippen molar-refractivity contribution in [2.75, 3.05) is 18.5 Å². The fourth-order valence-corrected chi connectivity index (χ4v) is 9.44. The van der Waals surface area contributed by atoms with Crippen molar-refractivity contribution in [3.8, 4) is 23.0 Å². The number of aryl methyl sites for hydroxylation is 2. The Bertz CT molecular complexity index is 3830. The molecule has 0 saturated carbocycles. The van der Waals surface area contributed by atoms with Crippen LogP contribution in [0.4, 0.5) is 34.1 Å². The van der Waals surface area contributed by atoms with Crippen LogP contribution in [0.5, 0.6) is 23.0 Å². The van der Waals surface area contributed by atoms with E-state index in [2.05, 4.69) is 30.8 Å². The Hall–Kier alpha value is -6.72. The standard InChI is InChI=1S/2C26H22ClN3O6S.Ca/c2*1-3-36-19-9-6-8-17(13-19)28-26(32)21-12-16-7-4-5-10-20(16)24(25(21)31)30-29-18-11-15(2)23(27)22(14-18)37(33,34)35;/h2*4-14,31H,3H2,1-2H3,(H,28,32)(H,33,34,35);/q;;+2/p-2. The topological polar surface area (TPSA) is 284 Å². The molecule has 75 heavy (non-hydrogen) atoms. The summed E-state index contributed by atoms with van der Waals surface area (Å²) in [7, 11) is -9.22.